The van der Waals surface area contributed by atoms with Crippen molar-refractivity contribution in [3.8, 4) is 17.1 Å². The Kier molecular flexibility index (Phi) is 7.10. The minimum absolute atomic E-state index is 0.403. The van der Waals surface area contributed by atoms with E-state index in [1.165, 1.54) is 0 Å². The molecule has 3 rings (SSSR count). The van der Waals surface area contributed by atoms with Crippen LogP contribution in [0.2, 0.25) is 10.0 Å². The molecule has 0 amide bonds. The number of benzene rings is 1. The highest BCUT2D eigenvalue weighted by atomic mass is 35.5. The number of nitrogens with zero attached hydrogens (tertiary/aromatic N) is 3. The van der Waals surface area contributed by atoms with Crippen LogP contribution in [0.5, 0.6) is 5.75 Å². The molecule has 1 aromatic heterocycles. The van der Waals surface area contributed by atoms with Gasteiger partial charge in [0.2, 0.25) is 0 Å². The van der Waals surface area contributed by atoms with Crippen LogP contribution in [0, 0.1) is 6.92 Å². The second-order valence-corrected chi connectivity index (χ2v) is 8.06. The zero-order valence-electron chi connectivity index (χ0n) is 17.0. The molecule has 7 heteroatoms. The third kappa shape index (κ3) is 4.40. The van der Waals surface area contributed by atoms with Gasteiger partial charge in [0.15, 0.2) is 5.82 Å². The Balaban J connectivity index is 2.38. The van der Waals surface area contributed by atoms with Gasteiger partial charge in [0.05, 0.1) is 28.1 Å². The van der Waals surface area contributed by atoms with Crippen molar-refractivity contribution < 1.29 is 4.74 Å². The molecule has 1 saturated heterocycles. The molecule has 4 nitrogen and oxygen atoms in total. The Morgan fingerprint density at radius 2 is 1.83 bits per heavy atom. The molecule has 0 aliphatic carbocycles. The molecular weight excluding hydrogens is 429 g/mol. The first-order valence-corrected chi connectivity index (χ1v) is 10.7. The van der Waals surface area contributed by atoms with E-state index in [2.05, 4.69) is 4.90 Å². The van der Waals surface area contributed by atoms with E-state index in [4.69, 9.17) is 49.5 Å². The molecule has 1 fully saturated rings. The average molecular weight is 453 g/mol. The monoisotopic (exact) mass is 451 g/mol. The molecule has 0 radical (unpaired) electrons. The molecule has 1 aliphatic heterocycles. The van der Waals surface area contributed by atoms with Crippen LogP contribution in [0.1, 0.15) is 32.3 Å². The minimum atomic E-state index is 0.403. The summed E-state index contributed by atoms with van der Waals surface area (Å²) in [4.78, 5) is 12.0. The first kappa shape index (κ1) is 21.9. The lowest BCUT2D eigenvalue weighted by Crippen LogP contribution is -2.37. The third-order valence-corrected chi connectivity index (χ3v) is 6.17. The molecule has 2 heterocycles. The summed E-state index contributed by atoms with van der Waals surface area (Å²) in [5.74, 6) is 1.86. The lowest BCUT2D eigenvalue weighted by Gasteiger charge is -2.19. The first-order valence-electron chi connectivity index (χ1n) is 9.57. The van der Waals surface area contributed by atoms with E-state index in [1.54, 1.807) is 7.11 Å². The first-order chi connectivity index (χ1) is 13.9. The standard InChI is InChI=1S/C22H24Cl3N3O/c1-5-14(23)12-15-16(6-2)26-21(27-22(15)28-9-7-8-10-28)18-19(24)13(3)11-17(29-4)20(18)25/h5-6,11-12H,7-10H2,1-4H3/b14-5-,15-12+,16-6+. The molecule has 1 aromatic carbocycles. The Morgan fingerprint density at radius 1 is 1.14 bits per heavy atom. The molecule has 29 heavy (non-hydrogen) atoms. The van der Waals surface area contributed by atoms with Gasteiger partial charge in [-0.25, -0.2) is 9.97 Å². The van der Waals surface area contributed by atoms with Crippen LogP contribution < -0.4 is 20.2 Å². The van der Waals surface area contributed by atoms with Crippen LogP contribution >= 0.6 is 34.8 Å². The van der Waals surface area contributed by atoms with E-state index in [0.717, 1.165) is 47.9 Å². The Morgan fingerprint density at radius 3 is 2.41 bits per heavy atom. The quantitative estimate of drug-likeness (QED) is 0.647. The lowest BCUT2D eigenvalue weighted by atomic mass is 10.1. The van der Waals surface area contributed by atoms with Crippen molar-refractivity contribution in [2.24, 2.45) is 0 Å². The smallest absolute Gasteiger partial charge is 0.165 e. The second kappa shape index (κ2) is 9.38. The third-order valence-electron chi connectivity index (χ3n) is 4.98. The molecular formula is C22H24Cl3N3O. The van der Waals surface area contributed by atoms with Gasteiger partial charge in [0, 0.05) is 23.3 Å². The summed E-state index contributed by atoms with van der Waals surface area (Å²) in [6.07, 6.45) is 7.96. The number of hydrogen-bond acceptors (Lipinski definition) is 4. The van der Waals surface area contributed by atoms with Crippen LogP contribution in [0.25, 0.3) is 23.5 Å². The lowest BCUT2D eigenvalue weighted by molar-refractivity contribution is 0.415. The van der Waals surface area contributed by atoms with E-state index in [9.17, 15) is 0 Å². The summed E-state index contributed by atoms with van der Waals surface area (Å²) >= 11 is 19.6. The molecule has 154 valence electrons. The fourth-order valence-electron chi connectivity index (χ4n) is 3.42. The van der Waals surface area contributed by atoms with E-state index in [-0.39, 0.29) is 0 Å². The SMILES string of the molecule is C/C=C(Cl)/C=c1/c(N2CCCC2)nc(-c2c(Cl)c(C)cc(OC)c2Cl)n/c1=C/C. The molecule has 0 bridgehead atoms. The molecule has 0 N–H and O–H groups in total. The molecule has 0 saturated carbocycles. The minimum Gasteiger partial charge on any atom is -0.495 e. The van der Waals surface area contributed by atoms with Gasteiger partial charge in [0.25, 0.3) is 0 Å². The van der Waals surface area contributed by atoms with Gasteiger partial charge in [-0.1, -0.05) is 47.0 Å². The summed E-state index contributed by atoms with van der Waals surface area (Å²) in [7, 11) is 1.58. The van der Waals surface area contributed by atoms with Crippen molar-refractivity contribution in [2.75, 3.05) is 25.1 Å². The Hall–Kier alpha value is -1.75. The van der Waals surface area contributed by atoms with Gasteiger partial charge >= 0.3 is 0 Å². The van der Waals surface area contributed by atoms with Gasteiger partial charge in [-0.3, -0.25) is 0 Å². The number of halogens is 3. The fourth-order valence-corrected chi connectivity index (χ4v) is 4.12. The van der Waals surface area contributed by atoms with Crippen LogP contribution in [-0.2, 0) is 0 Å². The maximum atomic E-state index is 6.63. The average Bonchev–Trinajstić information content (AvgIpc) is 3.25. The summed E-state index contributed by atoms with van der Waals surface area (Å²) in [5.41, 5.74) is 1.43. The zero-order valence-corrected chi connectivity index (χ0v) is 19.3. The van der Waals surface area contributed by atoms with Crippen molar-refractivity contribution in [3.63, 3.8) is 0 Å². The van der Waals surface area contributed by atoms with Crippen molar-refractivity contribution in [1.29, 1.82) is 0 Å². The van der Waals surface area contributed by atoms with Crippen molar-refractivity contribution in [3.05, 3.63) is 43.4 Å². The van der Waals surface area contributed by atoms with E-state index in [0.29, 0.717) is 32.2 Å². The maximum Gasteiger partial charge on any atom is 0.165 e. The summed E-state index contributed by atoms with van der Waals surface area (Å²) in [6.45, 7) is 7.63. The fraction of sp³-hybridized carbons (Fsp3) is 0.364. The van der Waals surface area contributed by atoms with Gasteiger partial charge < -0.3 is 9.64 Å². The van der Waals surface area contributed by atoms with E-state index < -0.39 is 0 Å². The molecule has 0 unspecified atom stereocenters. The number of anilines is 1. The van der Waals surface area contributed by atoms with Crippen molar-refractivity contribution >= 4 is 52.8 Å². The van der Waals surface area contributed by atoms with Gasteiger partial charge in [-0.05, 0) is 51.3 Å². The molecule has 1 aliphatic rings. The topological polar surface area (TPSA) is 38.2 Å². The number of rotatable bonds is 4. The molecule has 0 atom stereocenters. The van der Waals surface area contributed by atoms with Crippen LogP contribution in [0.4, 0.5) is 5.82 Å². The van der Waals surface area contributed by atoms with Crippen LogP contribution in [-0.4, -0.2) is 30.2 Å². The highest BCUT2D eigenvalue weighted by Gasteiger charge is 2.22. The summed E-state index contributed by atoms with van der Waals surface area (Å²) in [6, 6.07) is 1.82. The zero-order chi connectivity index (χ0) is 21.1. The number of aromatic nitrogens is 2. The number of aryl methyl sites for hydroxylation is 1. The van der Waals surface area contributed by atoms with Crippen molar-refractivity contribution in [2.45, 2.75) is 33.6 Å². The second-order valence-electron chi connectivity index (χ2n) is 6.87. The summed E-state index contributed by atoms with van der Waals surface area (Å²) < 4.78 is 5.43. The summed E-state index contributed by atoms with van der Waals surface area (Å²) in [5, 5.41) is 3.24. The van der Waals surface area contributed by atoms with Gasteiger partial charge in [-0.2, -0.15) is 0 Å². The number of hydrogen-bond donors (Lipinski definition) is 0. The molecule has 2 aromatic rings. The highest BCUT2D eigenvalue weighted by molar-refractivity contribution is 6.40. The van der Waals surface area contributed by atoms with Gasteiger partial charge in [0.1, 0.15) is 11.6 Å². The number of allylic oxidation sites excluding steroid dienone is 2. The maximum absolute atomic E-state index is 6.63. The van der Waals surface area contributed by atoms with Gasteiger partial charge in [-0.15, -0.1) is 0 Å². The normalized spacial score (nSPS) is 16.1. The Labute approximate surface area is 186 Å². The Bertz CT molecular complexity index is 1070. The van der Waals surface area contributed by atoms with Crippen LogP contribution in [0.3, 0.4) is 0 Å². The number of ether oxygens (including phenoxy) is 1. The van der Waals surface area contributed by atoms with Crippen LogP contribution in [0.15, 0.2) is 17.2 Å². The predicted molar refractivity (Wildman–Crippen MR) is 124 cm³/mol. The predicted octanol–water partition coefficient (Wildman–Crippen LogP) is 5.09. The highest BCUT2D eigenvalue weighted by Crippen LogP contribution is 2.41. The van der Waals surface area contributed by atoms with E-state index in [1.807, 2.05) is 45.1 Å². The van der Waals surface area contributed by atoms with Crippen molar-refractivity contribution in [1.82, 2.24) is 9.97 Å². The largest absolute Gasteiger partial charge is 0.495 e. The number of methoxy groups -OCH3 is 1. The van der Waals surface area contributed by atoms with E-state index >= 15 is 0 Å². The molecule has 0 spiro atoms.